The van der Waals surface area contributed by atoms with Gasteiger partial charge in [0.25, 0.3) is 0 Å². The van der Waals surface area contributed by atoms with Crippen molar-refractivity contribution in [1.29, 1.82) is 5.26 Å². The Bertz CT molecular complexity index is 379. The molecule has 0 aliphatic carbocycles. The molecule has 1 rings (SSSR count). The van der Waals surface area contributed by atoms with Crippen LogP contribution in [0, 0.1) is 18.3 Å². The maximum absolute atomic E-state index is 11.3. The molecule has 0 aromatic heterocycles. The van der Waals surface area contributed by atoms with Crippen LogP contribution in [0.25, 0.3) is 0 Å². The molecule has 1 aromatic carbocycles. The molecule has 0 atom stereocenters. The number of nitrogens with zero attached hydrogens (tertiary/aromatic N) is 1. The Kier molecular flexibility index (Phi) is 3.21. The van der Waals surface area contributed by atoms with Crippen molar-refractivity contribution < 1.29 is 4.79 Å². The van der Waals surface area contributed by atoms with E-state index in [9.17, 15) is 4.79 Å². The number of halogens is 1. The summed E-state index contributed by atoms with van der Waals surface area (Å²) in [4.78, 5) is 11.3. The Hall–Kier alpha value is -1.14. The topological polar surface area (TPSA) is 40.9 Å². The van der Waals surface area contributed by atoms with Crippen LogP contribution in [-0.2, 0) is 0 Å². The van der Waals surface area contributed by atoms with E-state index in [4.69, 9.17) is 5.26 Å². The summed E-state index contributed by atoms with van der Waals surface area (Å²) in [6, 6.07) is 7.22. The average molecular weight is 238 g/mol. The molecule has 0 N–H and O–H groups in total. The molecule has 0 aliphatic rings. The maximum atomic E-state index is 11.3. The molecule has 0 unspecified atom stereocenters. The fraction of sp³-hybridized carbons (Fsp3) is 0.200. The molecule has 13 heavy (non-hydrogen) atoms. The predicted octanol–water partition coefficient (Wildman–Crippen LogP) is 2.44. The third-order valence-corrected chi connectivity index (χ3v) is 2.39. The molecular weight excluding hydrogens is 230 g/mol. The Morgan fingerprint density at radius 2 is 2.31 bits per heavy atom. The highest BCUT2D eigenvalue weighted by atomic mass is 79.9. The number of Topliss-reactive ketones (excluding diaryl/α,β-unsaturated/α-hetero) is 1. The minimum absolute atomic E-state index is 0.00889. The number of alkyl halides is 1. The summed E-state index contributed by atoms with van der Waals surface area (Å²) in [7, 11) is 0. The summed E-state index contributed by atoms with van der Waals surface area (Å²) in [6.45, 7) is 1.79. The van der Waals surface area contributed by atoms with E-state index in [1.165, 1.54) is 0 Å². The van der Waals surface area contributed by atoms with Gasteiger partial charge in [-0.2, -0.15) is 5.26 Å². The van der Waals surface area contributed by atoms with E-state index in [-0.39, 0.29) is 5.78 Å². The zero-order valence-corrected chi connectivity index (χ0v) is 8.76. The fourth-order valence-electron chi connectivity index (χ4n) is 1.13. The Balaban J connectivity index is 3.25. The lowest BCUT2D eigenvalue weighted by Gasteiger charge is -2.03. The standard InChI is InChI=1S/C10H8BrNO/c1-7-8(6-12)3-2-4-9(7)10(13)5-11/h2-4H,5H2,1H3. The van der Waals surface area contributed by atoms with Gasteiger partial charge in [-0.3, -0.25) is 4.79 Å². The van der Waals surface area contributed by atoms with Gasteiger partial charge < -0.3 is 0 Å². The molecule has 66 valence electrons. The van der Waals surface area contributed by atoms with Crippen molar-refractivity contribution in [3.05, 3.63) is 34.9 Å². The largest absolute Gasteiger partial charge is 0.293 e. The number of hydrogen-bond acceptors (Lipinski definition) is 2. The molecule has 0 radical (unpaired) electrons. The average Bonchev–Trinajstić information content (AvgIpc) is 2.17. The first-order valence-electron chi connectivity index (χ1n) is 3.79. The Morgan fingerprint density at radius 3 is 2.85 bits per heavy atom. The summed E-state index contributed by atoms with van der Waals surface area (Å²) in [5, 5.41) is 9.02. The van der Waals surface area contributed by atoms with Crippen LogP contribution in [0.1, 0.15) is 21.5 Å². The third kappa shape index (κ3) is 1.96. The number of hydrogen-bond donors (Lipinski definition) is 0. The number of nitriles is 1. The van der Waals surface area contributed by atoms with Crippen LogP contribution in [0.3, 0.4) is 0 Å². The van der Waals surface area contributed by atoms with Gasteiger partial charge in [-0.15, -0.1) is 0 Å². The molecule has 2 nitrogen and oxygen atoms in total. The molecule has 3 heteroatoms. The normalized spacial score (nSPS) is 9.31. The van der Waals surface area contributed by atoms with Gasteiger partial charge in [0.15, 0.2) is 5.78 Å². The summed E-state index contributed by atoms with van der Waals surface area (Å²) >= 11 is 3.10. The Morgan fingerprint density at radius 1 is 1.62 bits per heavy atom. The lowest BCUT2D eigenvalue weighted by atomic mass is 10.0. The lowest BCUT2D eigenvalue weighted by molar-refractivity contribution is 0.102. The number of carbonyl (C=O) groups excluding carboxylic acids is 1. The molecule has 0 spiro atoms. The molecule has 0 heterocycles. The molecule has 0 aliphatic heterocycles. The lowest BCUT2D eigenvalue weighted by Crippen LogP contribution is -2.03. The first kappa shape index (κ1) is 9.94. The van der Waals surface area contributed by atoms with E-state index in [1.54, 1.807) is 25.1 Å². The molecule has 0 fully saturated rings. The minimum atomic E-state index is 0.00889. The molecule has 0 bridgehead atoms. The second kappa shape index (κ2) is 4.20. The van der Waals surface area contributed by atoms with E-state index in [1.807, 2.05) is 6.07 Å². The highest BCUT2D eigenvalue weighted by molar-refractivity contribution is 9.09. The van der Waals surface area contributed by atoms with Crippen LogP contribution < -0.4 is 0 Å². The monoisotopic (exact) mass is 237 g/mol. The van der Waals surface area contributed by atoms with Crippen LogP contribution in [0.4, 0.5) is 0 Å². The van der Waals surface area contributed by atoms with Crippen molar-refractivity contribution in [3.63, 3.8) is 0 Å². The van der Waals surface area contributed by atoms with Gasteiger partial charge >= 0.3 is 0 Å². The van der Waals surface area contributed by atoms with E-state index in [0.717, 1.165) is 5.56 Å². The summed E-state index contributed by atoms with van der Waals surface area (Å²) in [6.07, 6.45) is 0. The van der Waals surface area contributed by atoms with Gasteiger partial charge in [0.1, 0.15) is 0 Å². The number of ketones is 1. The van der Waals surface area contributed by atoms with Gasteiger partial charge in [-0.1, -0.05) is 28.1 Å². The number of benzene rings is 1. The van der Waals surface area contributed by atoms with E-state index in [0.29, 0.717) is 16.5 Å². The summed E-state index contributed by atoms with van der Waals surface area (Å²) in [5.74, 6) is 0.00889. The van der Waals surface area contributed by atoms with Gasteiger partial charge in [0, 0.05) is 5.56 Å². The summed E-state index contributed by atoms with van der Waals surface area (Å²) in [5.41, 5.74) is 1.94. The molecule has 0 saturated heterocycles. The van der Waals surface area contributed by atoms with Crippen LogP contribution in [0.5, 0.6) is 0 Å². The van der Waals surface area contributed by atoms with Gasteiger partial charge in [0.05, 0.1) is 17.0 Å². The molecular formula is C10H8BrNO. The summed E-state index contributed by atoms with van der Waals surface area (Å²) < 4.78 is 0. The first-order chi connectivity index (χ1) is 6.20. The molecule has 1 aromatic rings. The zero-order chi connectivity index (χ0) is 9.84. The number of carbonyl (C=O) groups is 1. The van der Waals surface area contributed by atoms with Crippen molar-refractivity contribution >= 4 is 21.7 Å². The van der Waals surface area contributed by atoms with Gasteiger partial charge in [-0.25, -0.2) is 0 Å². The fourth-order valence-corrected chi connectivity index (χ4v) is 1.43. The van der Waals surface area contributed by atoms with Crippen molar-refractivity contribution in [1.82, 2.24) is 0 Å². The SMILES string of the molecule is Cc1c(C#N)cccc1C(=O)CBr. The molecule has 0 amide bonds. The minimum Gasteiger partial charge on any atom is -0.293 e. The van der Waals surface area contributed by atoms with Crippen molar-refractivity contribution in [2.75, 3.05) is 5.33 Å². The Labute approximate surface area is 85.3 Å². The van der Waals surface area contributed by atoms with Crippen molar-refractivity contribution in [3.8, 4) is 6.07 Å². The quantitative estimate of drug-likeness (QED) is 0.586. The van der Waals surface area contributed by atoms with Gasteiger partial charge in [-0.05, 0) is 18.6 Å². The van der Waals surface area contributed by atoms with Crippen LogP contribution >= 0.6 is 15.9 Å². The van der Waals surface area contributed by atoms with Crippen LogP contribution in [-0.4, -0.2) is 11.1 Å². The second-order valence-electron chi connectivity index (χ2n) is 2.65. The van der Waals surface area contributed by atoms with Crippen molar-refractivity contribution in [2.45, 2.75) is 6.92 Å². The zero-order valence-electron chi connectivity index (χ0n) is 7.17. The van der Waals surface area contributed by atoms with E-state index >= 15 is 0 Å². The second-order valence-corrected chi connectivity index (χ2v) is 3.21. The highest BCUT2D eigenvalue weighted by Gasteiger charge is 2.09. The van der Waals surface area contributed by atoms with Gasteiger partial charge in [0.2, 0.25) is 0 Å². The maximum Gasteiger partial charge on any atom is 0.173 e. The highest BCUT2D eigenvalue weighted by Crippen LogP contribution is 2.14. The number of rotatable bonds is 2. The smallest absolute Gasteiger partial charge is 0.173 e. The first-order valence-corrected chi connectivity index (χ1v) is 4.91. The van der Waals surface area contributed by atoms with E-state index in [2.05, 4.69) is 15.9 Å². The van der Waals surface area contributed by atoms with Crippen molar-refractivity contribution in [2.24, 2.45) is 0 Å². The molecule has 0 saturated carbocycles. The van der Waals surface area contributed by atoms with Crippen LogP contribution in [0.15, 0.2) is 18.2 Å². The van der Waals surface area contributed by atoms with E-state index < -0.39 is 0 Å². The predicted molar refractivity (Wildman–Crippen MR) is 54.0 cm³/mol. The van der Waals surface area contributed by atoms with Crippen LogP contribution in [0.2, 0.25) is 0 Å². The third-order valence-electron chi connectivity index (χ3n) is 1.88.